The first-order chi connectivity index (χ1) is 14.8. The lowest BCUT2D eigenvalue weighted by molar-refractivity contribution is 0.112. The van der Waals surface area contributed by atoms with Crippen LogP contribution in [0.2, 0.25) is 0 Å². The minimum absolute atomic E-state index is 0.538. The number of ether oxygens (including phenoxy) is 2. The van der Waals surface area contributed by atoms with Crippen LogP contribution in [-0.2, 0) is 6.61 Å². The Kier molecular flexibility index (Phi) is 6.81. The fourth-order valence-corrected chi connectivity index (χ4v) is 4.01. The molecule has 154 valence electrons. The lowest BCUT2D eigenvalue weighted by atomic mass is 9.90. The monoisotopic (exact) mass is 400 g/mol. The molecule has 0 bridgehead atoms. The third kappa shape index (κ3) is 5.29. The Bertz CT molecular complexity index is 942. The van der Waals surface area contributed by atoms with Gasteiger partial charge in [0.15, 0.2) is 0 Å². The topological polar surface area (TPSA) is 35.5 Å². The van der Waals surface area contributed by atoms with Crippen LogP contribution in [0.5, 0.6) is 11.5 Å². The molecule has 3 aromatic rings. The number of rotatable bonds is 8. The van der Waals surface area contributed by atoms with Crippen molar-refractivity contribution in [1.82, 2.24) is 0 Å². The average Bonchev–Trinajstić information content (AvgIpc) is 2.83. The van der Waals surface area contributed by atoms with E-state index in [2.05, 4.69) is 12.1 Å². The molecule has 0 unspecified atom stereocenters. The fourth-order valence-electron chi connectivity index (χ4n) is 4.01. The maximum atomic E-state index is 11.3. The number of carbonyl (C=O) groups excluding carboxylic acids is 1. The van der Waals surface area contributed by atoms with Crippen molar-refractivity contribution in [2.24, 2.45) is 5.92 Å². The Hall–Kier alpha value is -3.07. The molecule has 1 aliphatic rings. The standard InChI is InChI=1S/C27H28O3/c28-18-23-11-16-27(30-20-22-9-5-2-6-10-22)26(17-23)24-12-14-25(15-13-24)29-19-21-7-3-1-4-8-21/h1,3-4,7-8,11-18,22H,2,5-6,9-10,19-20H2. The molecule has 3 heteroatoms. The Morgan fingerprint density at radius 1 is 0.833 bits per heavy atom. The van der Waals surface area contributed by atoms with Gasteiger partial charge in [-0.2, -0.15) is 0 Å². The molecule has 3 nitrogen and oxygen atoms in total. The van der Waals surface area contributed by atoms with Gasteiger partial charge in [0.1, 0.15) is 24.4 Å². The molecule has 0 N–H and O–H groups in total. The summed E-state index contributed by atoms with van der Waals surface area (Å²) in [6, 6.07) is 23.8. The normalized spacial score (nSPS) is 14.3. The summed E-state index contributed by atoms with van der Waals surface area (Å²) >= 11 is 0. The summed E-state index contributed by atoms with van der Waals surface area (Å²) in [6.45, 7) is 1.28. The van der Waals surface area contributed by atoms with Crippen molar-refractivity contribution in [3.8, 4) is 22.6 Å². The molecule has 0 amide bonds. The van der Waals surface area contributed by atoms with Crippen molar-refractivity contribution in [3.63, 3.8) is 0 Å². The van der Waals surface area contributed by atoms with Crippen LogP contribution in [0.1, 0.15) is 48.0 Å². The van der Waals surface area contributed by atoms with Crippen LogP contribution >= 0.6 is 0 Å². The Labute approximate surface area is 178 Å². The molecule has 0 atom stereocenters. The maximum absolute atomic E-state index is 11.3. The second-order valence-corrected chi connectivity index (χ2v) is 7.99. The summed E-state index contributed by atoms with van der Waals surface area (Å²) in [7, 11) is 0. The van der Waals surface area contributed by atoms with Gasteiger partial charge >= 0.3 is 0 Å². The molecule has 0 radical (unpaired) electrons. The van der Waals surface area contributed by atoms with Gasteiger partial charge in [-0.25, -0.2) is 0 Å². The predicted molar refractivity (Wildman–Crippen MR) is 120 cm³/mol. The lowest BCUT2D eigenvalue weighted by Crippen LogP contribution is -2.15. The molecule has 4 rings (SSSR count). The van der Waals surface area contributed by atoms with Crippen LogP contribution in [0.25, 0.3) is 11.1 Å². The van der Waals surface area contributed by atoms with Crippen LogP contribution in [0.3, 0.4) is 0 Å². The Morgan fingerprint density at radius 2 is 1.60 bits per heavy atom. The summed E-state index contributed by atoms with van der Waals surface area (Å²) in [5.74, 6) is 2.29. The van der Waals surface area contributed by atoms with E-state index in [0.29, 0.717) is 18.1 Å². The molecule has 3 aromatic carbocycles. The summed E-state index contributed by atoms with van der Waals surface area (Å²) in [5.41, 5.74) is 3.76. The van der Waals surface area contributed by atoms with Gasteiger partial charge in [0.05, 0.1) is 6.61 Å². The quantitative estimate of drug-likeness (QED) is 0.395. The highest BCUT2D eigenvalue weighted by Gasteiger charge is 2.15. The van der Waals surface area contributed by atoms with E-state index in [-0.39, 0.29) is 0 Å². The van der Waals surface area contributed by atoms with Crippen molar-refractivity contribution in [2.75, 3.05) is 6.61 Å². The molecule has 1 saturated carbocycles. The van der Waals surface area contributed by atoms with Crippen molar-refractivity contribution in [1.29, 1.82) is 0 Å². The van der Waals surface area contributed by atoms with E-state index in [1.807, 2.05) is 60.7 Å². The zero-order chi connectivity index (χ0) is 20.6. The molecular weight excluding hydrogens is 372 g/mol. The second kappa shape index (κ2) is 10.1. The van der Waals surface area contributed by atoms with Crippen LogP contribution in [0.15, 0.2) is 72.8 Å². The van der Waals surface area contributed by atoms with E-state index in [9.17, 15) is 4.79 Å². The third-order valence-corrected chi connectivity index (χ3v) is 5.75. The van der Waals surface area contributed by atoms with Crippen molar-refractivity contribution < 1.29 is 14.3 Å². The summed E-state index contributed by atoms with van der Waals surface area (Å²) in [5, 5.41) is 0. The highest BCUT2D eigenvalue weighted by Crippen LogP contribution is 2.33. The van der Waals surface area contributed by atoms with Crippen molar-refractivity contribution >= 4 is 6.29 Å². The molecule has 0 heterocycles. The molecule has 30 heavy (non-hydrogen) atoms. The van der Waals surface area contributed by atoms with Crippen molar-refractivity contribution in [2.45, 2.75) is 38.7 Å². The first-order valence-electron chi connectivity index (χ1n) is 10.8. The summed E-state index contributed by atoms with van der Waals surface area (Å²) in [4.78, 5) is 11.3. The van der Waals surface area contributed by atoms with Gasteiger partial charge in [0.25, 0.3) is 0 Å². The summed E-state index contributed by atoms with van der Waals surface area (Å²) in [6.07, 6.45) is 7.31. The van der Waals surface area contributed by atoms with Gasteiger partial charge in [0, 0.05) is 11.1 Å². The molecule has 1 aliphatic carbocycles. The van der Waals surface area contributed by atoms with E-state index in [0.717, 1.165) is 41.1 Å². The maximum Gasteiger partial charge on any atom is 0.150 e. The minimum atomic E-state index is 0.538. The van der Waals surface area contributed by atoms with E-state index >= 15 is 0 Å². The number of carbonyl (C=O) groups is 1. The van der Waals surface area contributed by atoms with Gasteiger partial charge < -0.3 is 9.47 Å². The molecule has 0 aliphatic heterocycles. The Morgan fingerprint density at radius 3 is 2.33 bits per heavy atom. The van der Waals surface area contributed by atoms with Gasteiger partial charge in [-0.1, -0.05) is 61.7 Å². The molecule has 0 spiro atoms. The average molecular weight is 401 g/mol. The van der Waals surface area contributed by atoms with E-state index < -0.39 is 0 Å². The van der Waals surface area contributed by atoms with Crippen LogP contribution in [0.4, 0.5) is 0 Å². The largest absolute Gasteiger partial charge is 0.493 e. The van der Waals surface area contributed by atoms with Crippen LogP contribution in [-0.4, -0.2) is 12.9 Å². The number of hydrogen-bond donors (Lipinski definition) is 0. The lowest BCUT2D eigenvalue weighted by Gasteiger charge is -2.22. The summed E-state index contributed by atoms with van der Waals surface area (Å²) < 4.78 is 12.1. The van der Waals surface area contributed by atoms with Crippen LogP contribution < -0.4 is 9.47 Å². The fraction of sp³-hybridized carbons (Fsp3) is 0.296. The van der Waals surface area contributed by atoms with Gasteiger partial charge in [-0.3, -0.25) is 4.79 Å². The zero-order valence-electron chi connectivity index (χ0n) is 17.3. The number of hydrogen-bond acceptors (Lipinski definition) is 3. The van der Waals surface area contributed by atoms with Gasteiger partial charge in [-0.05, 0) is 60.2 Å². The zero-order valence-corrected chi connectivity index (χ0v) is 17.3. The molecule has 1 fully saturated rings. The highest BCUT2D eigenvalue weighted by atomic mass is 16.5. The van der Waals surface area contributed by atoms with E-state index in [1.165, 1.54) is 32.1 Å². The van der Waals surface area contributed by atoms with Crippen molar-refractivity contribution in [3.05, 3.63) is 83.9 Å². The predicted octanol–water partition coefficient (Wildman–Crippen LogP) is 6.70. The smallest absolute Gasteiger partial charge is 0.150 e. The molecule has 0 saturated heterocycles. The first-order valence-corrected chi connectivity index (χ1v) is 10.8. The first kappa shape index (κ1) is 20.2. The molecular formula is C27H28O3. The number of benzene rings is 3. The van der Waals surface area contributed by atoms with Gasteiger partial charge in [0.2, 0.25) is 0 Å². The SMILES string of the molecule is O=Cc1ccc(OCC2CCCCC2)c(-c2ccc(OCc3ccccc3)cc2)c1. The van der Waals surface area contributed by atoms with Gasteiger partial charge in [-0.15, -0.1) is 0 Å². The number of aldehydes is 1. The van der Waals surface area contributed by atoms with Crippen LogP contribution in [0, 0.1) is 5.92 Å². The Balaban J connectivity index is 1.47. The highest BCUT2D eigenvalue weighted by molar-refractivity contribution is 5.81. The van der Waals surface area contributed by atoms with E-state index in [1.54, 1.807) is 0 Å². The van der Waals surface area contributed by atoms with E-state index in [4.69, 9.17) is 9.47 Å². The molecule has 0 aromatic heterocycles. The third-order valence-electron chi connectivity index (χ3n) is 5.75. The second-order valence-electron chi connectivity index (χ2n) is 7.99. The minimum Gasteiger partial charge on any atom is -0.493 e.